The number of carbonyl (C=O) groups is 1. The Morgan fingerprint density at radius 1 is 1.56 bits per heavy atom. The molecule has 1 rings (SSSR count). The van der Waals surface area contributed by atoms with Crippen LogP contribution >= 0.6 is 0 Å². The lowest BCUT2D eigenvalue weighted by atomic mass is 9.96. The van der Waals surface area contributed by atoms with Crippen LogP contribution in [-0.2, 0) is 10.4 Å². The van der Waals surface area contributed by atoms with E-state index < -0.39 is 18.1 Å². The van der Waals surface area contributed by atoms with Crippen LogP contribution in [0.3, 0.4) is 0 Å². The zero-order valence-electron chi connectivity index (χ0n) is 9.70. The number of amides is 1. The predicted octanol–water partition coefficient (Wildman–Crippen LogP) is 0.212. The number of aliphatic hydroxyl groups is 2. The van der Waals surface area contributed by atoms with Crippen LogP contribution < -0.4 is 5.32 Å². The summed E-state index contributed by atoms with van der Waals surface area (Å²) in [6, 6.07) is 1.74. The molecule has 5 heteroatoms. The van der Waals surface area contributed by atoms with Gasteiger partial charge < -0.3 is 19.9 Å². The predicted molar refractivity (Wildman–Crippen MR) is 57.8 cm³/mol. The number of furan rings is 1. The van der Waals surface area contributed by atoms with Gasteiger partial charge in [0, 0.05) is 5.56 Å². The van der Waals surface area contributed by atoms with Crippen LogP contribution in [0.15, 0.2) is 10.5 Å². The molecule has 90 valence electrons. The van der Waals surface area contributed by atoms with Crippen LogP contribution in [0.5, 0.6) is 0 Å². The van der Waals surface area contributed by atoms with Gasteiger partial charge in [0.05, 0.1) is 6.54 Å². The van der Waals surface area contributed by atoms with E-state index in [-0.39, 0.29) is 6.54 Å². The van der Waals surface area contributed by atoms with Gasteiger partial charge in [0.1, 0.15) is 23.7 Å². The molecule has 0 aromatic carbocycles. The smallest absolute Gasteiger partial charge is 0.245 e. The molecular formula is C11H17NO4. The molecule has 16 heavy (non-hydrogen) atoms. The minimum atomic E-state index is -1.20. The first-order valence-corrected chi connectivity index (χ1v) is 5.04. The number of hydrogen-bond donors (Lipinski definition) is 3. The number of hydrogen-bond acceptors (Lipinski definition) is 4. The zero-order chi connectivity index (χ0) is 12.3. The Labute approximate surface area is 94.1 Å². The summed E-state index contributed by atoms with van der Waals surface area (Å²) in [4.78, 5) is 10.9. The number of nitrogens with one attached hydrogen (secondary N) is 1. The third kappa shape index (κ3) is 2.84. The van der Waals surface area contributed by atoms with Crippen molar-refractivity contribution in [1.29, 1.82) is 0 Å². The van der Waals surface area contributed by atoms with Gasteiger partial charge in [0.15, 0.2) is 0 Å². The third-order valence-corrected chi connectivity index (χ3v) is 2.39. The fourth-order valence-corrected chi connectivity index (χ4v) is 1.59. The van der Waals surface area contributed by atoms with Crippen LogP contribution in [0.2, 0.25) is 0 Å². The highest BCUT2D eigenvalue weighted by Gasteiger charge is 2.27. The fourth-order valence-electron chi connectivity index (χ4n) is 1.59. The summed E-state index contributed by atoms with van der Waals surface area (Å²) in [5.74, 6) is 0.820. The van der Waals surface area contributed by atoms with Crippen molar-refractivity contribution in [3.63, 3.8) is 0 Å². The molecule has 0 saturated carbocycles. The van der Waals surface area contributed by atoms with E-state index in [1.807, 2.05) is 0 Å². The molecule has 1 aromatic heterocycles. The number of aliphatic hydroxyl groups excluding tert-OH is 1. The highest BCUT2D eigenvalue weighted by molar-refractivity contribution is 5.76. The molecule has 1 amide bonds. The van der Waals surface area contributed by atoms with Crippen molar-refractivity contribution in [2.75, 3.05) is 13.2 Å². The van der Waals surface area contributed by atoms with Crippen molar-refractivity contribution in [2.24, 2.45) is 0 Å². The van der Waals surface area contributed by atoms with E-state index in [9.17, 15) is 9.90 Å². The average Bonchev–Trinajstić information content (AvgIpc) is 2.55. The molecular weight excluding hydrogens is 210 g/mol. The SMILES string of the molecule is Cc1cc(C(C)(O)CNC(=O)CO)c(C)o1. The molecule has 0 bridgehead atoms. The minimum Gasteiger partial charge on any atom is -0.466 e. The molecule has 0 saturated heterocycles. The molecule has 1 aromatic rings. The highest BCUT2D eigenvalue weighted by Crippen LogP contribution is 2.26. The van der Waals surface area contributed by atoms with Gasteiger partial charge >= 0.3 is 0 Å². The molecule has 3 N–H and O–H groups in total. The molecule has 0 fully saturated rings. The lowest BCUT2D eigenvalue weighted by molar-refractivity contribution is -0.125. The first-order chi connectivity index (χ1) is 7.36. The monoisotopic (exact) mass is 227 g/mol. The Kier molecular flexibility index (Phi) is 3.72. The van der Waals surface area contributed by atoms with E-state index in [2.05, 4.69) is 5.32 Å². The summed E-state index contributed by atoms with van der Waals surface area (Å²) in [7, 11) is 0. The van der Waals surface area contributed by atoms with Gasteiger partial charge in [0.2, 0.25) is 5.91 Å². The van der Waals surface area contributed by atoms with Crippen LogP contribution in [0, 0.1) is 13.8 Å². The molecule has 0 aliphatic carbocycles. The van der Waals surface area contributed by atoms with Crippen LogP contribution in [0.1, 0.15) is 24.0 Å². The number of rotatable bonds is 4. The largest absolute Gasteiger partial charge is 0.466 e. The average molecular weight is 227 g/mol. The molecule has 0 spiro atoms. The Balaban J connectivity index is 2.77. The molecule has 1 heterocycles. The summed E-state index contributed by atoms with van der Waals surface area (Å²) < 4.78 is 5.31. The Hall–Kier alpha value is -1.33. The van der Waals surface area contributed by atoms with Crippen molar-refractivity contribution in [3.8, 4) is 0 Å². The summed E-state index contributed by atoms with van der Waals surface area (Å²) >= 11 is 0. The topological polar surface area (TPSA) is 82.7 Å². The maximum absolute atomic E-state index is 10.9. The highest BCUT2D eigenvalue weighted by atomic mass is 16.3. The summed E-state index contributed by atoms with van der Waals surface area (Å²) in [5.41, 5.74) is -0.560. The van der Waals surface area contributed by atoms with Gasteiger partial charge in [-0.1, -0.05) is 0 Å². The lowest BCUT2D eigenvalue weighted by Gasteiger charge is -2.23. The van der Waals surface area contributed by atoms with Gasteiger partial charge in [-0.15, -0.1) is 0 Å². The molecule has 0 aliphatic heterocycles. The zero-order valence-corrected chi connectivity index (χ0v) is 9.70. The summed E-state index contributed by atoms with van der Waals surface area (Å²) in [6.45, 7) is 4.58. The maximum atomic E-state index is 10.9. The third-order valence-electron chi connectivity index (χ3n) is 2.39. The number of carbonyl (C=O) groups excluding carboxylic acids is 1. The second-order valence-corrected chi connectivity index (χ2v) is 4.04. The molecule has 1 atom stereocenters. The van der Waals surface area contributed by atoms with E-state index in [4.69, 9.17) is 9.52 Å². The van der Waals surface area contributed by atoms with E-state index in [0.717, 1.165) is 0 Å². The van der Waals surface area contributed by atoms with Crippen molar-refractivity contribution < 1.29 is 19.4 Å². The molecule has 0 radical (unpaired) electrons. The Bertz CT molecular complexity index is 381. The molecule has 5 nitrogen and oxygen atoms in total. The van der Waals surface area contributed by atoms with E-state index in [0.29, 0.717) is 17.1 Å². The van der Waals surface area contributed by atoms with E-state index >= 15 is 0 Å². The normalized spacial score (nSPS) is 14.6. The van der Waals surface area contributed by atoms with E-state index in [1.165, 1.54) is 0 Å². The van der Waals surface area contributed by atoms with Crippen molar-refractivity contribution in [2.45, 2.75) is 26.4 Å². The van der Waals surface area contributed by atoms with Gasteiger partial charge in [-0.2, -0.15) is 0 Å². The first kappa shape index (κ1) is 12.7. The van der Waals surface area contributed by atoms with Gasteiger partial charge in [-0.25, -0.2) is 0 Å². The fraction of sp³-hybridized carbons (Fsp3) is 0.545. The quantitative estimate of drug-likeness (QED) is 0.686. The summed E-state index contributed by atoms with van der Waals surface area (Å²) in [5, 5.41) is 21.1. The second kappa shape index (κ2) is 4.67. The maximum Gasteiger partial charge on any atom is 0.245 e. The summed E-state index contributed by atoms with van der Waals surface area (Å²) in [6.07, 6.45) is 0. The van der Waals surface area contributed by atoms with Crippen LogP contribution in [-0.4, -0.2) is 29.3 Å². The molecule has 1 unspecified atom stereocenters. The van der Waals surface area contributed by atoms with Crippen molar-refractivity contribution >= 4 is 5.91 Å². The van der Waals surface area contributed by atoms with Crippen LogP contribution in [0.4, 0.5) is 0 Å². The number of aryl methyl sites for hydroxylation is 2. The Morgan fingerprint density at radius 3 is 2.62 bits per heavy atom. The first-order valence-electron chi connectivity index (χ1n) is 5.04. The van der Waals surface area contributed by atoms with Crippen LogP contribution in [0.25, 0.3) is 0 Å². The standard InChI is InChI=1S/C11H17NO4/c1-7-4-9(8(2)16-7)11(3,15)6-12-10(14)5-13/h4,13,15H,5-6H2,1-3H3,(H,12,14). The second-order valence-electron chi connectivity index (χ2n) is 4.04. The van der Waals surface area contributed by atoms with Gasteiger partial charge in [0.25, 0.3) is 0 Å². The minimum absolute atomic E-state index is 0.0339. The van der Waals surface area contributed by atoms with Gasteiger partial charge in [-0.05, 0) is 26.8 Å². The van der Waals surface area contributed by atoms with Crippen molar-refractivity contribution in [3.05, 3.63) is 23.2 Å². The lowest BCUT2D eigenvalue weighted by Crippen LogP contribution is -2.39. The van der Waals surface area contributed by atoms with E-state index in [1.54, 1.807) is 26.8 Å². The van der Waals surface area contributed by atoms with Gasteiger partial charge in [-0.3, -0.25) is 4.79 Å². The Morgan fingerprint density at radius 2 is 2.19 bits per heavy atom. The van der Waals surface area contributed by atoms with Crippen molar-refractivity contribution in [1.82, 2.24) is 5.32 Å². The molecule has 0 aliphatic rings.